The summed E-state index contributed by atoms with van der Waals surface area (Å²) < 4.78 is 23.5. The fraction of sp³-hybridized carbons (Fsp3) is 0.222. The Morgan fingerprint density at radius 3 is 2.60 bits per heavy atom. The Bertz CT molecular complexity index is 781. The van der Waals surface area contributed by atoms with Gasteiger partial charge in [0.2, 0.25) is 0 Å². The number of benzene rings is 2. The molecular formula is C18H17ClFNO4. The third kappa shape index (κ3) is 4.93. The molecule has 7 heteroatoms. The number of hydrogen-bond acceptors (Lipinski definition) is 4. The van der Waals surface area contributed by atoms with Crippen LogP contribution in [0.1, 0.15) is 28.9 Å². The van der Waals surface area contributed by atoms with E-state index in [-0.39, 0.29) is 17.4 Å². The molecule has 2 rings (SSSR count). The molecule has 0 saturated carbocycles. The topological polar surface area (TPSA) is 64.6 Å². The van der Waals surface area contributed by atoms with Crippen LogP contribution in [-0.2, 0) is 9.53 Å². The molecule has 5 nitrogen and oxygen atoms in total. The summed E-state index contributed by atoms with van der Waals surface area (Å²) in [4.78, 5) is 23.8. The molecule has 0 spiro atoms. The van der Waals surface area contributed by atoms with Gasteiger partial charge in [-0.25, -0.2) is 9.18 Å². The second kappa shape index (κ2) is 8.48. The zero-order valence-electron chi connectivity index (χ0n) is 13.7. The summed E-state index contributed by atoms with van der Waals surface area (Å²) in [6, 6.07) is 10.5. The van der Waals surface area contributed by atoms with E-state index < -0.39 is 24.3 Å². The summed E-state index contributed by atoms with van der Waals surface area (Å²) in [6.07, 6.45) is 0. The van der Waals surface area contributed by atoms with Crippen molar-refractivity contribution in [2.24, 2.45) is 0 Å². The van der Waals surface area contributed by atoms with E-state index in [1.54, 1.807) is 31.2 Å². The number of rotatable bonds is 6. The van der Waals surface area contributed by atoms with E-state index in [1.165, 1.54) is 19.2 Å². The lowest BCUT2D eigenvalue weighted by atomic mass is 10.1. The van der Waals surface area contributed by atoms with Crippen LogP contribution in [0.5, 0.6) is 5.75 Å². The van der Waals surface area contributed by atoms with E-state index in [4.69, 9.17) is 21.1 Å². The molecule has 0 aliphatic heterocycles. The Hall–Kier alpha value is -2.60. The van der Waals surface area contributed by atoms with Crippen LogP contribution in [0.2, 0.25) is 5.02 Å². The molecule has 0 aromatic heterocycles. The number of carbonyl (C=O) groups excluding carboxylic acids is 2. The van der Waals surface area contributed by atoms with Gasteiger partial charge in [0.15, 0.2) is 6.61 Å². The maximum absolute atomic E-state index is 13.8. The molecule has 0 aliphatic rings. The first-order valence-corrected chi connectivity index (χ1v) is 7.84. The number of ether oxygens (including phenoxy) is 2. The van der Waals surface area contributed by atoms with Gasteiger partial charge in [0, 0.05) is 11.1 Å². The average Bonchev–Trinajstić information content (AvgIpc) is 2.59. The fourth-order valence-electron chi connectivity index (χ4n) is 2.18. The highest BCUT2D eigenvalue weighted by molar-refractivity contribution is 6.31. The second-order valence-electron chi connectivity index (χ2n) is 5.23. The summed E-state index contributed by atoms with van der Waals surface area (Å²) >= 11 is 6.06. The average molecular weight is 366 g/mol. The smallest absolute Gasteiger partial charge is 0.341 e. The minimum Gasteiger partial charge on any atom is -0.497 e. The van der Waals surface area contributed by atoms with Crippen molar-refractivity contribution in [3.05, 3.63) is 64.4 Å². The van der Waals surface area contributed by atoms with Crippen molar-refractivity contribution in [1.82, 2.24) is 5.32 Å². The normalized spacial score (nSPS) is 11.5. The van der Waals surface area contributed by atoms with E-state index in [0.29, 0.717) is 5.02 Å². The van der Waals surface area contributed by atoms with Gasteiger partial charge >= 0.3 is 5.97 Å². The summed E-state index contributed by atoms with van der Waals surface area (Å²) in [6.45, 7) is 1.23. The Labute approximate surface area is 149 Å². The Morgan fingerprint density at radius 2 is 1.96 bits per heavy atom. The number of carbonyl (C=O) groups is 2. The molecule has 1 atom stereocenters. The van der Waals surface area contributed by atoms with Gasteiger partial charge in [-0.05, 0) is 30.7 Å². The molecular weight excluding hydrogens is 349 g/mol. The van der Waals surface area contributed by atoms with Crippen LogP contribution in [0.25, 0.3) is 0 Å². The van der Waals surface area contributed by atoms with Crippen LogP contribution in [0.4, 0.5) is 4.39 Å². The van der Waals surface area contributed by atoms with Gasteiger partial charge in [0.05, 0.1) is 18.7 Å². The van der Waals surface area contributed by atoms with Gasteiger partial charge in [-0.15, -0.1) is 0 Å². The molecule has 2 aromatic rings. The largest absolute Gasteiger partial charge is 0.497 e. The second-order valence-corrected chi connectivity index (χ2v) is 5.64. The maximum Gasteiger partial charge on any atom is 0.341 e. The first kappa shape index (κ1) is 18.7. The molecule has 25 heavy (non-hydrogen) atoms. The molecule has 1 N–H and O–H groups in total. The van der Waals surface area contributed by atoms with Crippen molar-refractivity contribution in [3.8, 4) is 5.75 Å². The van der Waals surface area contributed by atoms with Crippen LogP contribution in [-0.4, -0.2) is 25.6 Å². The fourth-order valence-corrected chi connectivity index (χ4v) is 2.48. The molecule has 0 heterocycles. The number of esters is 1. The third-order valence-electron chi connectivity index (χ3n) is 3.48. The first-order chi connectivity index (χ1) is 11.9. The van der Waals surface area contributed by atoms with Crippen LogP contribution >= 0.6 is 11.6 Å². The number of hydrogen-bond donors (Lipinski definition) is 1. The van der Waals surface area contributed by atoms with Crippen molar-refractivity contribution in [3.63, 3.8) is 0 Å². The van der Waals surface area contributed by atoms with E-state index in [9.17, 15) is 14.0 Å². The number of nitrogens with one attached hydrogen (secondary N) is 1. The van der Waals surface area contributed by atoms with Gasteiger partial charge in [0.25, 0.3) is 5.91 Å². The van der Waals surface area contributed by atoms with Crippen LogP contribution in [0.3, 0.4) is 0 Å². The SMILES string of the molecule is COc1ccc(C(=O)OCC(=O)N[C@@H](C)c2ccccc2Cl)c(F)c1. The summed E-state index contributed by atoms with van der Waals surface area (Å²) in [5.41, 5.74) is 0.470. The van der Waals surface area contributed by atoms with Crippen molar-refractivity contribution in [2.75, 3.05) is 13.7 Å². The lowest BCUT2D eigenvalue weighted by Crippen LogP contribution is -2.31. The molecule has 0 aliphatic carbocycles. The van der Waals surface area contributed by atoms with Crippen molar-refractivity contribution < 1.29 is 23.5 Å². The lowest BCUT2D eigenvalue weighted by molar-refractivity contribution is -0.124. The van der Waals surface area contributed by atoms with E-state index >= 15 is 0 Å². The molecule has 0 radical (unpaired) electrons. The molecule has 0 saturated heterocycles. The van der Waals surface area contributed by atoms with Crippen molar-refractivity contribution in [2.45, 2.75) is 13.0 Å². The zero-order valence-corrected chi connectivity index (χ0v) is 14.5. The zero-order chi connectivity index (χ0) is 18.4. The predicted molar refractivity (Wildman–Crippen MR) is 91.2 cm³/mol. The van der Waals surface area contributed by atoms with Gasteiger partial charge < -0.3 is 14.8 Å². The minimum atomic E-state index is -0.930. The Morgan fingerprint density at radius 1 is 1.24 bits per heavy atom. The number of halogens is 2. The van der Waals surface area contributed by atoms with Gasteiger partial charge in [-0.1, -0.05) is 29.8 Å². The van der Waals surface area contributed by atoms with E-state index in [2.05, 4.69) is 5.32 Å². The molecule has 0 fully saturated rings. The summed E-state index contributed by atoms with van der Waals surface area (Å²) in [7, 11) is 1.39. The highest BCUT2D eigenvalue weighted by Gasteiger charge is 2.17. The van der Waals surface area contributed by atoms with Crippen LogP contribution < -0.4 is 10.1 Å². The van der Waals surface area contributed by atoms with Crippen LogP contribution in [0, 0.1) is 5.82 Å². The Balaban J connectivity index is 1.91. The third-order valence-corrected chi connectivity index (χ3v) is 3.82. The molecule has 1 amide bonds. The minimum absolute atomic E-state index is 0.271. The van der Waals surface area contributed by atoms with E-state index in [0.717, 1.165) is 11.6 Å². The molecule has 132 valence electrons. The van der Waals surface area contributed by atoms with Crippen molar-refractivity contribution >= 4 is 23.5 Å². The Kier molecular flexibility index (Phi) is 6.36. The lowest BCUT2D eigenvalue weighted by Gasteiger charge is -2.15. The molecule has 2 aromatic carbocycles. The highest BCUT2D eigenvalue weighted by atomic mass is 35.5. The van der Waals surface area contributed by atoms with Crippen LogP contribution in [0.15, 0.2) is 42.5 Å². The van der Waals surface area contributed by atoms with Crippen molar-refractivity contribution in [1.29, 1.82) is 0 Å². The summed E-state index contributed by atoms with van der Waals surface area (Å²) in [5, 5.41) is 3.18. The van der Waals surface area contributed by atoms with Gasteiger partial charge in [-0.2, -0.15) is 0 Å². The molecule has 0 unspecified atom stereocenters. The van der Waals surface area contributed by atoms with Gasteiger partial charge in [-0.3, -0.25) is 4.79 Å². The number of methoxy groups -OCH3 is 1. The number of amides is 1. The maximum atomic E-state index is 13.8. The first-order valence-electron chi connectivity index (χ1n) is 7.47. The quantitative estimate of drug-likeness (QED) is 0.795. The standard InChI is InChI=1S/C18H17ClFNO4/c1-11(13-5-3-4-6-15(13)19)21-17(22)10-25-18(23)14-8-7-12(24-2)9-16(14)20/h3-9,11H,10H2,1-2H3,(H,21,22)/t11-/m0/s1. The molecule has 0 bridgehead atoms. The highest BCUT2D eigenvalue weighted by Crippen LogP contribution is 2.22. The van der Waals surface area contributed by atoms with E-state index in [1.807, 2.05) is 0 Å². The monoisotopic (exact) mass is 365 g/mol. The summed E-state index contributed by atoms with van der Waals surface area (Å²) in [5.74, 6) is -1.95. The predicted octanol–water partition coefficient (Wildman–Crippen LogP) is 3.52. The van der Waals surface area contributed by atoms with Gasteiger partial charge in [0.1, 0.15) is 11.6 Å².